The number of amides is 2. The Morgan fingerprint density at radius 3 is 2.42 bits per heavy atom. The number of carbonyl (C=O) groups excluding carboxylic acids is 2. The molecule has 0 fully saturated rings. The molecule has 0 saturated carbocycles. The molecule has 136 valence electrons. The van der Waals surface area contributed by atoms with Crippen molar-refractivity contribution in [3.63, 3.8) is 0 Å². The van der Waals surface area contributed by atoms with E-state index < -0.39 is 11.8 Å². The third-order valence-electron chi connectivity index (χ3n) is 3.33. The Labute approximate surface area is 155 Å². The molecule has 26 heavy (non-hydrogen) atoms. The van der Waals surface area contributed by atoms with Crippen molar-refractivity contribution in [1.29, 1.82) is 0 Å². The normalized spacial score (nSPS) is 10.4. The molecule has 2 amide bonds. The number of hydrogen-bond donors (Lipinski definition) is 2. The molecule has 0 aromatic heterocycles. The van der Waals surface area contributed by atoms with E-state index >= 15 is 0 Å². The van der Waals surface area contributed by atoms with Gasteiger partial charge in [0.2, 0.25) is 0 Å². The number of nitrogens with zero attached hydrogens (tertiary/aromatic N) is 1. The number of halogens is 1. The Bertz CT molecular complexity index is 807. The van der Waals surface area contributed by atoms with E-state index in [9.17, 15) is 9.59 Å². The lowest BCUT2D eigenvalue weighted by molar-refractivity contribution is -0.120. The van der Waals surface area contributed by atoms with Crippen LogP contribution in [0.1, 0.15) is 15.9 Å². The van der Waals surface area contributed by atoms with Gasteiger partial charge in [-0.3, -0.25) is 9.59 Å². The lowest BCUT2D eigenvalue weighted by Crippen LogP contribution is -2.34. The van der Waals surface area contributed by atoms with E-state index in [2.05, 4.69) is 15.8 Å². The van der Waals surface area contributed by atoms with E-state index in [-0.39, 0.29) is 6.54 Å². The van der Waals surface area contributed by atoms with Crippen molar-refractivity contribution in [2.45, 2.75) is 0 Å². The van der Waals surface area contributed by atoms with Crippen LogP contribution in [-0.2, 0) is 4.79 Å². The second kappa shape index (κ2) is 9.43. The summed E-state index contributed by atoms with van der Waals surface area (Å²) in [6, 6.07) is 11.7. The molecule has 2 aromatic carbocycles. The van der Waals surface area contributed by atoms with E-state index in [1.54, 1.807) is 36.4 Å². The lowest BCUT2D eigenvalue weighted by Gasteiger charge is -2.09. The summed E-state index contributed by atoms with van der Waals surface area (Å²) in [6.45, 7) is -0.217. The molecular weight excluding hydrogens is 358 g/mol. The number of hydrazone groups is 1. The van der Waals surface area contributed by atoms with Gasteiger partial charge in [-0.2, -0.15) is 5.10 Å². The molecule has 0 atom stereocenters. The monoisotopic (exact) mass is 375 g/mol. The van der Waals surface area contributed by atoms with E-state index in [4.69, 9.17) is 21.1 Å². The van der Waals surface area contributed by atoms with Gasteiger partial charge in [-0.25, -0.2) is 5.43 Å². The fourth-order valence-electron chi connectivity index (χ4n) is 2.01. The number of hydrogen-bond acceptors (Lipinski definition) is 5. The van der Waals surface area contributed by atoms with E-state index in [0.29, 0.717) is 22.1 Å². The van der Waals surface area contributed by atoms with E-state index in [1.807, 2.05) is 0 Å². The third kappa shape index (κ3) is 5.49. The molecule has 2 aromatic rings. The van der Waals surface area contributed by atoms with Crippen molar-refractivity contribution in [1.82, 2.24) is 10.7 Å². The van der Waals surface area contributed by atoms with Crippen LogP contribution >= 0.6 is 11.6 Å². The van der Waals surface area contributed by atoms with Gasteiger partial charge in [-0.05, 0) is 35.9 Å². The Kier molecular flexibility index (Phi) is 6.99. The first kappa shape index (κ1) is 19.3. The zero-order valence-electron chi connectivity index (χ0n) is 14.3. The topological polar surface area (TPSA) is 89.0 Å². The predicted molar refractivity (Wildman–Crippen MR) is 99.1 cm³/mol. The van der Waals surface area contributed by atoms with Gasteiger partial charge in [0.15, 0.2) is 11.5 Å². The highest BCUT2D eigenvalue weighted by Crippen LogP contribution is 2.27. The maximum Gasteiger partial charge on any atom is 0.259 e. The van der Waals surface area contributed by atoms with Crippen LogP contribution in [0.3, 0.4) is 0 Å². The van der Waals surface area contributed by atoms with Crippen LogP contribution in [0.25, 0.3) is 0 Å². The van der Waals surface area contributed by atoms with Crippen LogP contribution in [-0.4, -0.2) is 38.8 Å². The van der Waals surface area contributed by atoms with Gasteiger partial charge in [0.05, 0.1) is 27.0 Å². The molecule has 2 rings (SSSR count). The van der Waals surface area contributed by atoms with Crippen molar-refractivity contribution in [2.75, 3.05) is 20.8 Å². The van der Waals surface area contributed by atoms with Crippen molar-refractivity contribution < 1.29 is 19.1 Å². The maximum absolute atomic E-state index is 12.1. The molecular formula is C18H18ClN3O4. The molecule has 8 heteroatoms. The molecule has 2 N–H and O–H groups in total. The first-order valence-electron chi connectivity index (χ1n) is 7.61. The summed E-state index contributed by atoms with van der Waals surface area (Å²) in [4.78, 5) is 23.8. The molecule has 0 bridgehead atoms. The number of ether oxygens (including phenoxy) is 2. The van der Waals surface area contributed by atoms with Crippen molar-refractivity contribution in [2.24, 2.45) is 5.10 Å². The smallest absolute Gasteiger partial charge is 0.259 e. The van der Waals surface area contributed by atoms with Crippen molar-refractivity contribution in [3.8, 4) is 11.5 Å². The summed E-state index contributed by atoms with van der Waals surface area (Å²) < 4.78 is 10.3. The standard InChI is InChI=1S/C18H18ClN3O4/c1-25-15-8-5-13(9-16(15)26-2)18(24)20-11-17(23)22-21-10-12-3-6-14(19)7-4-12/h3-10H,11H2,1-2H3,(H,20,24)(H,22,23)/b21-10-. The highest BCUT2D eigenvalue weighted by atomic mass is 35.5. The lowest BCUT2D eigenvalue weighted by atomic mass is 10.2. The molecule has 0 radical (unpaired) electrons. The average Bonchev–Trinajstić information content (AvgIpc) is 2.67. The SMILES string of the molecule is COc1ccc(C(=O)NCC(=O)N/N=C\c2ccc(Cl)cc2)cc1OC. The predicted octanol–water partition coefficient (Wildman–Crippen LogP) is 2.24. The molecule has 0 unspecified atom stereocenters. The Hall–Kier alpha value is -3.06. The van der Waals surface area contributed by atoms with Gasteiger partial charge < -0.3 is 14.8 Å². The fourth-order valence-corrected chi connectivity index (χ4v) is 2.13. The van der Waals surface area contributed by atoms with Crippen LogP contribution in [0.2, 0.25) is 5.02 Å². The largest absolute Gasteiger partial charge is 0.493 e. The summed E-state index contributed by atoms with van der Waals surface area (Å²) >= 11 is 5.78. The number of methoxy groups -OCH3 is 2. The quantitative estimate of drug-likeness (QED) is 0.573. The Balaban J connectivity index is 1.84. The number of benzene rings is 2. The first-order chi connectivity index (χ1) is 12.5. The molecule has 7 nitrogen and oxygen atoms in total. The van der Waals surface area contributed by atoms with Crippen LogP contribution in [0.5, 0.6) is 11.5 Å². The molecule has 0 saturated heterocycles. The third-order valence-corrected chi connectivity index (χ3v) is 3.58. The maximum atomic E-state index is 12.1. The summed E-state index contributed by atoms with van der Waals surface area (Å²) in [6.07, 6.45) is 1.48. The molecule has 0 aliphatic carbocycles. The van der Waals surface area contributed by atoms with Crippen LogP contribution < -0.4 is 20.2 Å². The van der Waals surface area contributed by atoms with Crippen molar-refractivity contribution in [3.05, 3.63) is 58.6 Å². The van der Waals surface area contributed by atoms with Crippen LogP contribution in [0.4, 0.5) is 0 Å². The molecule has 0 aliphatic heterocycles. The molecule has 0 spiro atoms. The Morgan fingerprint density at radius 2 is 1.77 bits per heavy atom. The second-order valence-electron chi connectivity index (χ2n) is 5.10. The summed E-state index contributed by atoms with van der Waals surface area (Å²) in [5, 5.41) is 6.94. The van der Waals surface area contributed by atoms with Crippen LogP contribution in [0.15, 0.2) is 47.6 Å². The van der Waals surface area contributed by atoms with E-state index in [0.717, 1.165) is 5.56 Å². The highest BCUT2D eigenvalue weighted by Gasteiger charge is 2.11. The zero-order chi connectivity index (χ0) is 18.9. The van der Waals surface area contributed by atoms with Gasteiger partial charge in [0, 0.05) is 10.6 Å². The number of carbonyl (C=O) groups is 2. The van der Waals surface area contributed by atoms with Crippen molar-refractivity contribution >= 4 is 29.6 Å². The van der Waals surface area contributed by atoms with Crippen LogP contribution in [0, 0.1) is 0 Å². The number of rotatable bonds is 7. The summed E-state index contributed by atoms with van der Waals surface area (Å²) in [7, 11) is 2.98. The highest BCUT2D eigenvalue weighted by molar-refractivity contribution is 6.30. The van der Waals surface area contributed by atoms with Gasteiger partial charge in [-0.1, -0.05) is 23.7 Å². The first-order valence-corrected chi connectivity index (χ1v) is 7.99. The number of nitrogens with one attached hydrogen (secondary N) is 2. The van der Waals surface area contributed by atoms with Gasteiger partial charge in [-0.15, -0.1) is 0 Å². The molecule has 0 heterocycles. The summed E-state index contributed by atoms with van der Waals surface area (Å²) in [5.41, 5.74) is 3.46. The minimum Gasteiger partial charge on any atom is -0.493 e. The average molecular weight is 376 g/mol. The van der Waals surface area contributed by atoms with Gasteiger partial charge >= 0.3 is 0 Å². The van der Waals surface area contributed by atoms with Gasteiger partial charge in [0.1, 0.15) is 0 Å². The second-order valence-corrected chi connectivity index (χ2v) is 5.53. The van der Waals surface area contributed by atoms with E-state index in [1.165, 1.54) is 26.5 Å². The minimum absolute atomic E-state index is 0.217. The fraction of sp³-hybridized carbons (Fsp3) is 0.167. The summed E-state index contributed by atoms with van der Waals surface area (Å²) in [5.74, 6) is 0.0716. The molecule has 0 aliphatic rings. The minimum atomic E-state index is -0.455. The van der Waals surface area contributed by atoms with Gasteiger partial charge in [0.25, 0.3) is 11.8 Å². The zero-order valence-corrected chi connectivity index (χ0v) is 15.0. The Morgan fingerprint density at radius 1 is 1.08 bits per heavy atom.